The maximum Gasteiger partial charge on any atom is 0.508 e. The van der Waals surface area contributed by atoms with Gasteiger partial charge in [-0.1, -0.05) is 48.0 Å². The van der Waals surface area contributed by atoms with E-state index in [9.17, 15) is 20.1 Å². The maximum atomic E-state index is 11.4. The van der Waals surface area contributed by atoms with Crippen molar-refractivity contribution in [2.45, 2.75) is 51.0 Å². The number of ether oxygens (including phenoxy) is 4. The molecule has 1 heterocycles. The number of aryl methyl sites for hydroxylation is 1. The molecular weight excluding hydrogens is 404 g/mol. The van der Waals surface area contributed by atoms with Gasteiger partial charge in [-0.2, -0.15) is 0 Å². The topological polar surface area (TPSA) is 115 Å². The molecule has 3 rings (SSSR count). The van der Waals surface area contributed by atoms with Crippen LogP contribution in [0, 0.1) is 6.92 Å². The van der Waals surface area contributed by atoms with E-state index in [0.717, 1.165) is 16.7 Å². The van der Waals surface area contributed by atoms with E-state index in [0.29, 0.717) is 12.2 Å². The van der Waals surface area contributed by atoms with Crippen LogP contribution in [0.4, 0.5) is 4.79 Å². The van der Waals surface area contributed by atoms with Gasteiger partial charge in [-0.25, -0.2) is 4.79 Å². The molecule has 2 aromatic rings. The summed E-state index contributed by atoms with van der Waals surface area (Å²) < 4.78 is 21.1. The molecule has 168 valence electrons. The zero-order valence-electron chi connectivity index (χ0n) is 17.5. The van der Waals surface area contributed by atoms with Crippen LogP contribution in [0.3, 0.4) is 0 Å². The van der Waals surface area contributed by atoms with Crippen molar-refractivity contribution in [1.29, 1.82) is 0 Å². The summed E-state index contributed by atoms with van der Waals surface area (Å²) in [5.74, 6) is 0.473. The van der Waals surface area contributed by atoms with Crippen molar-refractivity contribution in [3.8, 4) is 5.75 Å². The normalized spacial score (nSPS) is 25.6. The lowest BCUT2D eigenvalue weighted by atomic mass is 9.99. The van der Waals surface area contributed by atoms with Crippen molar-refractivity contribution in [1.82, 2.24) is 0 Å². The average molecular weight is 432 g/mol. The van der Waals surface area contributed by atoms with E-state index < -0.39 is 36.9 Å². The SMILES string of the molecule is CCOC(=O)OC[C@H]1O[C@H](Oc2ccccc2Cc2ccc(C)cc2)[C@H](O)[C@@H](O)[C@@H]1O. The van der Waals surface area contributed by atoms with Gasteiger partial charge in [0.2, 0.25) is 6.29 Å². The molecule has 8 heteroatoms. The van der Waals surface area contributed by atoms with Gasteiger partial charge in [-0.15, -0.1) is 0 Å². The van der Waals surface area contributed by atoms with E-state index in [1.54, 1.807) is 19.1 Å². The highest BCUT2D eigenvalue weighted by Crippen LogP contribution is 2.28. The van der Waals surface area contributed by atoms with Crippen LogP contribution < -0.4 is 4.74 Å². The summed E-state index contributed by atoms with van der Waals surface area (Å²) in [5.41, 5.74) is 3.11. The van der Waals surface area contributed by atoms with Crippen molar-refractivity contribution in [2.24, 2.45) is 0 Å². The highest BCUT2D eigenvalue weighted by Gasteiger charge is 2.45. The van der Waals surface area contributed by atoms with Crippen LogP contribution in [-0.4, -0.2) is 65.4 Å². The third-order valence-electron chi connectivity index (χ3n) is 5.03. The van der Waals surface area contributed by atoms with Crippen molar-refractivity contribution >= 4 is 6.16 Å². The number of hydrogen-bond acceptors (Lipinski definition) is 8. The number of hydrogen-bond donors (Lipinski definition) is 3. The van der Waals surface area contributed by atoms with E-state index in [1.165, 1.54) is 0 Å². The number of benzene rings is 2. The van der Waals surface area contributed by atoms with Crippen LogP contribution in [0.1, 0.15) is 23.6 Å². The predicted molar refractivity (Wildman–Crippen MR) is 111 cm³/mol. The molecule has 0 aliphatic carbocycles. The van der Waals surface area contributed by atoms with Gasteiger partial charge in [0.1, 0.15) is 36.8 Å². The Hall–Kier alpha value is -2.65. The van der Waals surface area contributed by atoms with Gasteiger partial charge in [0.15, 0.2) is 0 Å². The Kier molecular flexibility index (Phi) is 7.86. The Morgan fingerprint density at radius 3 is 2.39 bits per heavy atom. The molecule has 8 nitrogen and oxygen atoms in total. The molecule has 0 spiro atoms. The first-order valence-electron chi connectivity index (χ1n) is 10.2. The molecule has 0 aromatic heterocycles. The molecule has 0 unspecified atom stereocenters. The summed E-state index contributed by atoms with van der Waals surface area (Å²) in [4.78, 5) is 11.4. The maximum absolute atomic E-state index is 11.4. The minimum absolute atomic E-state index is 0.137. The third kappa shape index (κ3) is 5.95. The second-order valence-electron chi connectivity index (χ2n) is 7.40. The molecule has 0 amide bonds. The Labute approximate surface area is 180 Å². The summed E-state index contributed by atoms with van der Waals surface area (Å²) in [6, 6.07) is 15.4. The molecule has 1 aliphatic heterocycles. The first-order valence-corrected chi connectivity index (χ1v) is 10.2. The predicted octanol–water partition coefficient (Wildman–Crippen LogP) is 1.95. The average Bonchev–Trinajstić information content (AvgIpc) is 2.76. The number of aliphatic hydroxyl groups is 3. The van der Waals surface area contributed by atoms with Crippen molar-refractivity contribution in [3.05, 3.63) is 65.2 Å². The standard InChI is InChI=1S/C23H28O8/c1-3-28-23(27)29-13-18-19(24)20(25)21(26)22(31-18)30-17-7-5-4-6-16(17)12-15-10-8-14(2)9-11-15/h4-11,18-22,24-26H,3,12-13H2,1-2H3/t18-,19-,20+,21-,22+/m1/s1. The Morgan fingerprint density at radius 2 is 1.68 bits per heavy atom. The van der Waals surface area contributed by atoms with Crippen molar-refractivity contribution < 1.29 is 39.1 Å². The third-order valence-corrected chi connectivity index (χ3v) is 5.03. The lowest BCUT2D eigenvalue weighted by molar-refractivity contribution is -0.278. The van der Waals surface area contributed by atoms with Crippen LogP contribution in [0.15, 0.2) is 48.5 Å². The molecule has 5 atom stereocenters. The molecule has 0 radical (unpaired) electrons. The molecule has 2 aromatic carbocycles. The fraction of sp³-hybridized carbons (Fsp3) is 0.435. The van der Waals surface area contributed by atoms with Gasteiger partial charge in [0.25, 0.3) is 0 Å². The first-order chi connectivity index (χ1) is 14.9. The molecule has 0 saturated carbocycles. The minimum Gasteiger partial charge on any atom is -0.462 e. The van der Waals surface area contributed by atoms with Crippen LogP contribution in [0.2, 0.25) is 0 Å². The van der Waals surface area contributed by atoms with Crippen molar-refractivity contribution in [2.75, 3.05) is 13.2 Å². The van der Waals surface area contributed by atoms with Crippen LogP contribution in [0.5, 0.6) is 5.75 Å². The zero-order valence-corrected chi connectivity index (χ0v) is 17.5. The molecule has 1 fully saturated rings. The number of rotatable bonds is 7. The number of carbonyl (C=O) groups is 1. The lowest BCUT2D eigenvalue weighted by Crippen LogP contribution is -2.60. The van der Waals surface area contributed by atoms with Crippen LogP contribution in [0.25, 0.3) is 0 Å². The number of para-hydroxylation sites is 1. The fourth-order valence-corrected chi connectivity index (χ4v) is 3.28. The molecule has 1 saturated heterocycles. The van der Waals surface area contributed by atoms with Gasteiger partial charge < -0.3 is 34.3 Å². The summed E-state index contributed by atoms with van der Waals surface area (Å²) >= 11 is 0. The highest BCUT2D eigenvalue weighted by molar-refractivity contribution is 5.59. The molecule has 0 bridgehead atoms. The first kappa shape index (κ1) is 23.0. The van der Waals surface area contributed by atoms with Gasteiger partial charge in [0, 0.05) is 6.42 Å². The minimum atomic E-state index is -1.54. The van der Waals surface area contributed by atoms with E-state index in [-0.39, 0.29) is 13.2 Å². The summed E-state index contributed by atoms with van der Waals surface area (Å²) in [7, 11) is 0. The summed E-state index contributed by atoms with van der Waals surface area (Å²) in [5, 5.41) is 30.8. The molecule has 3 N–H and O–H groups in total. The van der Waals surface area contributed by atoms with Gasteiger partial charge >= 0.3 is 6.16 Å². The molecule has 31 heavy (non-hydrogen) atoms. The van der Waals surface area contributed by atoms with E-state index in [2.05, 4.69) is 4.74 Å². The highest BCUT2D eigenvalue weighted by atomic mass is 16.7. The van der Waals surface area contributed by atoms with Crippen LogP contribution in [-0.2, 0) is 20.6 Å². The largest absolute Gasteiger partial charge is 0.508 e. The quantitative estimate of drug-likeness (QED) is 0.569. The van der Waals surface area contributed by atoms with E-state index in [1.807, 2.05) is 43.3 Å². The summed E-state index contributed by atoms with van der Waals surface area (Å²) in [6.07, 6.45) is -7.20. The van der Waals surface area contributed by atoms with Gasteiger partial charge in [0.05, 0.1) is 6.61 Å². The second-order valence-corrected chi connectivity index (χ2v) is 7.40. The van der Waals surface area contributed by atoms with Gasteiger partial charge in [-0.3, -0.25) is 0 Å². The Bertz CT molecular complexity index is 853. The molecular formula is C23H28O8. The smallest absolute Gasteiger partial charge is 0.462 e. The van der Waals surface area contributed by atoms with E-state index >= 15 is 0 Å². The summed E-state index contributed by atoms with van der Waals surface area (Å²) in [6.45, 7) is 3.42. The Balaban J connectivity index is 1.71. The Morgan fingerprint density at radius 1 is 0.968 bits per heavy atom. The fourth-order valence-electron chi connectivity index (χ4n) is 3.28. The number of carbonyl (C=O) groups excluding carboxylic acids is 1. The number of aliphatic hydroxyl groups excluding tert-OH is 3. The van der Waals surface area contributed by atoms with Crippen LogP contribution >= 0.6 is 0 Å². The second kappa shape index (κ2) is 10.6. The monoisotopic (exact) mass is 432 g/mol. The van der Waals surface area contributed by atoms with Gasteiger partial charge in [-0.05, 0) is 31.0 Å². The zero-order chi connectivity index (χ0) is 22.4. The van der Waals surface area contributed by atoms with Crippen molar-refractivity contribution in [3.63, 3.8) is 0 Å². The molecule has 1 aliphatic rings. The van der Waals surface area contributed by atoms with E-state index in [4.69, 9.17) is 14.2 Å². The lowest BCUT2D eigenvalue weighted by Gasteiger charge is -2.40.